The minimum Gasteiger partial charge on any atom is -0.487 e. The number of alkyl halides is 1. The van der Waals surface area contributed by atoms with Crippen LogP contribution in [0.25, 0.3) is 0 Å². The zero-order chi connectivity index (χ0) is 9.68. The molecule has 0 amide bonds. The van der Waals surface area contributed by atoms with Crippen molar-refractivity contribution in [2.24, 2.45) is 5.73 Å². The molecule has 0 aromatic heterocycles. The van der Waals surface area contributed by atoms with Crippen molar-refractivity contribution >= 4 is 0 Å². The van der Waals surface area contributed by atoms with E-state index in [1.165, 1.54) is 18.2 Å². The summed E-state index contributed by atoms with van der Waals surface area (Å²) in [6, 6.07) is 5.86. The van der Waals surface area contributed by atoms with E-state index < -0.39 is 12.0 Å². The van der Waals surface area contributed by atoms with Crippen LogP contribution in [-0.2, 0) is 0 Å². The highest BCUT2D eigenvalue weighted by atomic mass is 19.1. The fourth-order valence-electron chi connectivity index (χ4n) is 0.810. The fourth-order valence-corrected chi connectivity index (χ4v) is 0.810. The monoisotopic (exact) mass is 187 g/mol. The van der Waals surface area contributed by atoms with Crippen molar-refractivity contribution in [1.29, 1.82) is 0 Å². The number of ether oxygens (including phenoxy) is 1. The molecule has 2 nitrogen and oxygen atoms in total. The summed E-state index contributed by atoms with van der Waals surface area (Å²) in [5.41, 5.74) is 5.03. The lowest BCUT2D eigenvalue weighted by Gasteiger charge is -2.08. The molecule has 0 fully saturated rings. The molecule has 13 heavy (non-hydrogen) atoms. The Labute approximate surface area is 75.3 Å². The fraction of sp³-hybridized carbons (Fsp3) is 0.333. The van der Waals surface area contributed by atoms with Crippen LogP contribution in [-0.4, -0.2) is 19.3 Å². The van der Waals surface area contributed by atoms with Crippen LogP contribution in [0.15, 0.2) is 24.3 Å². The van der Waals surface area contributed by atoms with Gasteiger partial charge in [0.05, 0.1) is 0 Å². The Morgan fingerprint density at radius 2 is 2.08 bits per heavy atom. The van der Waals surface area contributed by atoms with Gasteiger partial charge in [-0.3, -0.25) is 0 Å². The predicted molar refractivity (Wildman–Crippen MR) is 45.8 cm³/mol. The van der Waals surface area contributed by atoms with Gasteiger partial charge in [-0.2, -0.15) is 0 Å². The van der Waals surface area contributed by atoms with Crippen molar-refractivity contribution in [2.75, 3.05) is 13.2 Å². The Morgan fingerprint density at radius 3 is 2.69 bits per heavy atom. The van der Waals surface area contributed by atoms with E-state index in [0.717, 1.165) is 0 Å². The molecule has 2 N–H and O–H groups in total. The summed E-state index contributed by atoms with van der Waals surface area (Å²) < 4.78 is 30.3. The molecule has 0 heterocycles. The van der Waals surface area contributed by atoms with Gasteiger partial charge in [-0.1, -0.05) is 12.1 Å². The average molecular weight is 187 g/mol. The van der Waals surface area contributed by atoms with E-state index >= 15 is 0 Å². The molecule has 0 saturated heterocycles. The third-order valence-corrected chi connectivity index (χ3v) is 1.51. The molecular formula is C9H11F2NO. The third kappa shape index (κ3) is 2.99. The summed E-state index contributed by atoms with van der Waals surface area (Å²) in [6.07, 6.45) is -1.25. The van der Waals surface area contributed by atoms with Crippen LogP contribution < -0.4 is 10.5 Å². The first-order chi connectivity index (χ1) is 6.24. The van der Waals surface area contributed by atoms with Gasteiger partial charge >= 0.3 is 0 Å². The van der Waals surface area contributed by atoms with Gasteiger partial charge < -0.3 is 10.5 Å². The molecule has 0 radical (unpaired) electrons. The first-order valence-electron chi connectivity index (χ1n) is 3.95. The molecule has 1 unspecified atom stereocenters. The summed E-state index contributed by atoms with van der Waals surface area (Å²) in [7, 11) is 0. The molecule has 0 bridgehead atoms. The van der Waals surface area contributed by atoms with Crippen LogP contribution >= 0.6 is 0 Å². The lowest BCUT2D eigenvalue weighted by Crippen LogP contribution is -2.22. The van der Waals surface area contributed by atoms with Crippen molar-refractivity contribution in [3.8, 4) is 5.75 Å². The molecule has 1 atom stereocenters. The van der Waals surface area contributed by atoms with Crippen LogP contribution in [0.5, 0.6) is 5.75 Å². The molecule has 1 rings (SSSR count). The van der Waals surface area contributed by atoms with Gasteiger partial charge in [-0.25, -0.2) is 8.78 Å². The SMILES string of the molecule is NCC(F)COc1ccccc1F. The third-order valence-electron chi connectivity index (χ3n) is 1.51. The van der Waals surface area contributed by atoms with E-state index in [0.29, 0.717) is 0 Å². The summed E-state index contributed by atoms with van der Waals surface area (Å²) >= 11 is 0. The van der Waals surface area contributed by atoms with Gasteiger partial charge in [0.25, 0.3) is 0 Å². The molecule has 1 aromatic rings. The maximum atomic E-state index is 12.9. The molecule has 0 saturated carbocycles. The summed E-state index contributed by atoms with van der Waals surface area (Å²) in [5.74, 6) is -0.440. The summed E-state index contributed by atoms with van der Waals surface area (Å²) in [5, 5.41) is 0. The molecular weight excluding hydrogens is 176 g/mol. The number of hydrogen-bond acceptors (Lipinski definition) is 2. The summed E-state index contributed by atoms with van der Waals surface area (Å²) in [4.78, 5) is 0. The van der Waals surface area contributed by atoms with Gasteiger partial charge in [-0.15, -0.1) is 0 Å². The first kappa shape index (κ1) is 9.92. The highest BCUT2D eigenvalue weighted by molar-refractivity contribution is 5.23. The van der Waals surface area contributed by atoms with Crippen LogP contribution in [0.1, 0.15) is 0 Å². The highest BCUT2D eigenvalue weighted by Crippen LogP contribution is 2.15. The van der Waals surface area contributed by atoms with Gasteiger partial charge in [-0.05, 0) is 12.1 Å². The maximum Gasteiger partial charge on any atom is 0.165 e. The Balaban J connectivity index is 2.50. The van der Waals surface area contributed by atoms with Gasteiger partial charge in [0.1, 0.15) is 12.8 Å². The van der Waals surface area contributed by atoms with Crippen LogP contribution in [0.4, 0.5) is 8.78 Å². The second kappa shape index (κ2) is 4.77. The maximum absolute atomic E-state index is 12.9. The Morgan fingerprint density at radius 1 is 1.38 bits per heavy atom. The number of para-hydroxylation sites is 1. The Bertz CT molecular complexity index is 268. The smallest absolute Gasteiger partial charge is 0.165 e. The molecule has 1 aromatic carbocycles. The summed E-state index contributed by atoms with van der Waals surface area (Å²) in [6.45, 7) is -0.327. The van der Waals surface area contributed by atoms with Crippen molar-refractivity contribution in [3.63, 3.8) is 0 Å². The zero-order valence-electron chi connectivity index (χ0n) is 7.04. The van der Waals surface area contributed by atoms with Crippen LogP contribution in [0.3, 0.4) is 0 Å². The largest absolute Gasteiger partial charge is 0.487 e. The number of benzene rings is 1. The zero-order valence-corrected chi connectivity index (χ0v) is 7.04. The molecule has 0 aliphatic carbocycles. The number of rotatable bonds is 4. The quantitative estimate of drug-likeness (QED) is 0.775. The van der Waals surface area contributed by atoms with E-state index in [1.54, 1.807) is 6.07 Å². The molecule has 0 aliphatic rings. The van der Waals surface area contributed by atoms with Gasteiger partial charge in [0, 0.05) is 6.54 Å². The second-order valence-corrected chi connectivity index (χ2v) is 2.57. The average Bonchev–Trinajstić information content (AvgIpc) is 2.16. The number of nitrogens with two attached hydrogens (primary N) is 1. The van der Waals surface area contributed by atoms with Gasteiger partial charge in [0.2, 0.25) is 0 Å². The second-order valence-electron chi connectivity index (χ2n) is 2.57. The predicted octanol–water partition coefficient (Wildman–Crippen LogP) is 1.50. The molecule has 0 aliphatic heterocycles. The number of halogens is 2. The van der Waals surface area contributed by atoms with Crippen LogP contribution in [0, 0.1) is 5.82 Å². The van der Waals surface area contributed by atoms with Crippen molar-refractivity contribution in [3.05, 3.63) is 30.1 Å². The molecule has 0 spiro atoms. The minimum absolute atomic E-state index is 0.0543. The van der Waals surface area contributed by atoms with E-state index in [4.69, 9.17) is 10.5 Å². The lowest BCUT2D eigenvalue weighted by atomic mass is 10.3. The standard InChI is InChI=1S/C9H11F2NO/c10-7(5-12)6-13-9-4-2-1-3-8(9)11/h1-4,7H,5-6,12H2. The van der Waals surface area contributed by atoms with Crippen molar-refractivity contribution < 1.29 is 13.5 Å². The minimum atomic E-state index is -1.25. The van der Waals surface area contributed by atoms with Crippen molar-refractivity contribution in [1.82, 2.24) is 0 Å². The van der Waals surface area contributed by atoms with E-state index in [1.807, 2.05) is 0 Å². The van der Waals surface area contributed by atoms with Crippen molar-refractivity contribution in [2.45, 2.75) is 6.17 Å². The van der Waals surface area contributed by atoms with E-state index in [-0.39, 0.29) is 18.9 Å². The molecule has 72 valence electrons. The highest BCUT2D eigenvalue weighted by Gasteiger charge is 2.06. The normalized spacial score (nSPS) is 12.5. The van der Waals surface area contributed by atoms with E-state index in [9.17, 15) is 8.78 Å². The Hall–Kier alpha value is -1.16. The Kier molecular flexibility index (Phi) is 3.64. The van der Waals surface area contributed by atoms with Gasteiger partial charge in [0.15, 0.2) is 11.6 Å². The lowest BCUT2D eigenvalue weighted by molar-refractivity contribution is 0.195. The van der Waals surface area contributed by atoms with E-state index in [2.05, 4.69) is 0 Å². The number of hydrogen-bond donors (Lipinski definition) is 1. The first-order valence-corrected chi connectivity index (χ1v) is 3.95. The topological polar surface area (TPSA) is 35.2 Å². The van der Waals surface area contributed by atoms with Crippen LogP contribution in [0.2, 0.25) is 0 Å². The molecule has 4 heteroatoms.